The first kappa shape index (κ1) is 48.9. The fraction of sp³-hybridized carbons (Fsp3) is 0.365. The van der Waals surface area contributed by atoms with Gasteiger partial charge in [0.15, 0.2) is 0 Å². The Morgan fingerprint density at radius 2 is 1.58 bits per heavy atom. The number of carbonyl (C=O) groups excluding carboxylic acids is 4. The van der Waals surface area contributed by atoms with Gasteiger partial charge in [0, 0.05) is 93.3 Å². The highest BCUT2D eigenvalue weighted by Crippen LogP contribution is 2.44. The van der Waals surface area contributed by atoms with Crippen LogP contribution in [-0.4, -0.2) is 125 Å². The van der Waals surface area contributed by atoms with Crippen molar-refractivity contribution in [2.45, 2.75) is 45.1 Å². The average Bonchev–Trinajstić information content (AvgIpc) is 3.90. The SMILES string of the molecule is CCOc1cc(N2CCN(CCC3CCN(c4cc5c(cc4F)C(=O)N(C4CCC(=O)NC4=O)C5=O)CC3)CC2)c(-c2cnn(C)c2)cc1Nc1ncc(Br)c(Nc2ccc3ccccc3c2P(C)(C)=O)n1. The monoisotopic (exact) mass is 1060 g/mol. The molecule has 1 unspecified atom stereocenters. The van der Waals surface area contributed by atoms with Crippen LogP contribution in [0, 0.1) is 11.7 Å². The standard InChI is InChI=1S/C52H56BrFN11O6P/c1-5-71-45-27-43(35(33-28-56-61(2)30-33)25-41(45)58-52-55-29-38(53)48(60-52)57-40-11-10-32-8-6-7-9-34(32)47(40)72(3,4)70)64-22-20-62(21-23-64)17-14-31-15-18-63(19-16-31)44-26-37-36(24-39(44)54)50(68)65(51(37)69)42-12-13-46(66)59-49(42)67/h6-11,24-31,42H,5,12-23H2,1-4H3,(H,59,66,67)(H2,55,57,58,60). The Balaban J connectivity index is 0.793. The molecule has 72 heavy (non-hydrogen) atoms. The van der Waals surface area contributed by atoms with Crippen LogP contribution in [0.5, 0.6) is 5.75 Å². The van der Waals surface area contributed by atoms with Crippen LogP contribution in [0.3, 0.4) is 0 Å². The van der Waals surface area contributed by atoms with Crippen LogP contribution in [0.1, 0.15) is 59.7 Å². The van der Waals surface area contributed by atoms with E-state index in [0.717, 1.165) is 95.8 Å². The fourth-order valence-electron chi connectivity index (χ4n) is 10.5. The van der Waals surface area contributed by atoms with Crippen LogP contribution in [0.4, 0.5) is 38.9 Å². The maximum atomic E-state index is 15.6. The topological polar surface area (TPSA) is 187 Å². The molecule has 0 bridgehead atoms. The number of aromatic nitrogens is 4. The summed E-state index contributed by atoms with van der Waals surface area (Å²) < 4.78 is 38.1. The van der Waals surface area contributed by atoms with Crippen LogP contribution in [-0.2, 0) is 21.2 Å². The number of carbonyl (C=O) groups is 4. The summed E-state index contributed by atoms with van der Waals surface area (Å²) in [6.45, 7) is 11.4. The van der Waals surface area contributed by atoms with Gasteiger partial charge in [-0.15, -0.1) is 0 Å². The van der Waals surface area contributed by atoms with Gasteiger partial charge in [-0.3, -0.25) is 39.0 Å². The van der Waals surface area contributed by atoms with Crippen LogP contribution in [0.15, 0.2) is 83.7 Å². The zero-order valence-electron chi connectivity index (χ0n) is 40.6. The first-order valence-corrected chi connectivity index (χ1v) is 27.7. The normalized spacial score (nSPS) is 18.0. The third-order valence-electron chi connectivity index (χ3n) is 14.1. The molecule has 0 spiro atoms. The second kappa shape index (κ2) is 20.1. The van der Waals surface area contributed by atoms with E-state index in [1.54, 1.807) is 24.2 Å². The van der Waals surface area contributed by atoms with Gasteiger partial charge in [-0.1, -0.05) is 30.3 Å². The first-order chi connectivity index (χ1) is 34.6. The quantitative estimate of drug-likeness (QED) is 0.0706. The van der Waals surface area contributed by atoms with E-state index in [1.807, 2.05) is 67.7 Å². The number of rotatable bonds is 14. The van der Waals surface area contributed by atoms with Crippen molar-refractivity contribution in [1.29, 1.82) is 0 Å². The maximum absolute atomic E-state index is 15.6. The highest BCUT2D eigenvalue weighted by molar-refractivity contribution is 9.10. The number of imide groups is 2. The largest absolute Gasteiger partial charge is 0.492 e. The Bertz CT molecular complexity index is 3180. The molecule has 3 fully saturated rings. The third kappa shape index (κ3) is 9.81. The molecule has 2 aromatic heterocycles. The number of piperazine rings is 1. The zero-order valence-corrected chi connectivity index (χ0v) is 43.1. The third-order valence-corrected chi connectivity index (χ3v) is 16.3. The van der Waals surface area contributed by atoms with E-state index in [0.29, 0.717) is 59.0 Å². The van der Waals surface area contributed by atoms with Gasteiger partial charge >= 0.3 is 0 Å². The average molecular weight is 1060 g/mol. The van der Waals surface area contributed by atoms with Crippen molar-refractivity contribution in [2.75, 3.05) is 86.2 Å². The number of anilines is 6. The van der Waals surface area contributed by atoms with Gasteiger partial charge in [-0.2, -0.15) is 10.1 Å². The van der Waals surface area contributed by atoms with Gasteiger partial charge in [0.05, 0.1) is 45.5 Å². The second-order valence-corrected chi connectivity index (χ2v) is 23.2. The van der Waals surface area contributed by atoms with Gasteiger partial charge in [-0.25, -0.2) is 9.37 Å². The minimum atomic E-state index is -2.73. The van der Waals surface area contributed by atoms with Crippen molar-refractivity contribution >= 4 is 97.3 Å². The molecule has 0 radical (unpaired) electrons. The number of aryl methyl sites for hydroxylation is 1. The van der Waals surface area contributed by atoms with Crippen molar-refractivity contribution in [3.05, 3.63) is 101 Å². The molecular weight excluding hydrogens is 1000 g/mol. The van der Waals surface area contributed by atoms with Crippen molar-refractivity contribution in [2.24, 2.45) is 13.0 Å². The minimum absolute atomic E-state index is 0.0131. The lowest BCUT2D eigenvalue weighted by molar-refractivity contribution is -0.136. The molecule has 6 heterocycles. The summed E-state index contributed by atoms with van der Waals surface area (Å²) >= 11 is 3.63. The first-order valence-electron chi connectivity index (χ1n) is 24.3. The molecule has 374 valence electrons. The van der Waals surface area contributed by atoms with Crippen LogP contribution in [0.25, 0.3) is 21.9 Å². The number of benzene rings is 4. The van der Waals surface area contributed by atoms with Gasteiger partial charge in [-0.05, 0) is 109 Å². The smallest absolute Gasteiger partial charge is 0.262 e. The molecule has 0 saturated carbocycles. The fourth-order valence-corrected chi connectivity index (χ4v) is 12.2. The summed E-state index contributed by atoms with van der Waals surface area (Å²) in [4.78, 5) is 68.1. The highest BCUT2D eigenvalue weighted by atomic mass is 79.9. The minimum Gasteiger partial charge on any atom is -0.492 e. The number of nitrogens with zero attached hydrogens (tertiary/aromatic N) is 8. The summed E-state index contributed by atoms with van der Waals surface area (Å²) in [5, 5.41) is 16.3. The molecule has 20 heteroatoms. The predicted octanol–water partition coefficient (Wildman–Crippen LogP) is 7.90. The number of fused-ring (bicyclic) bond motifs is 2. The number of nitrogens with one attached hydrogen (secondary N) is 3. The van der Waals surface area contributed by atoms with E-state index in [9.17, 15) is 23.7 Å². The Hall–Kier alpha value is -6.69. The molecule has 17 nitrogen and oxygen atoms in total. The summed E-state index contributed by atoms with van der Waals surface area (Å²) in [6, 6.07) is 17.5. The number of ether oxygens (including phenoxy) is 1. The lowest BCUT2D eigenvalue weighted by Gasteiger charge is -2.39. The molecule has 3 N–H and O–H groups in total. The number of hydrogen-bond donors (Lipinski definition) is 3. The molecule has 4 aliphatic rings. The van der Waals surface area contributed by atoms with Crippen LogP contribution in [0.2, 0.25) is 0 Å². The van der Waals surface area contributed by atoms with E-state index in [2.05, 4.69) is 63.9 Å². The van der Waals surface area contributed by atoms with E-state index in [-0.39, 0.29) is 29.7 Å². The van der Waals surface area contributed by atoms with Crippen molar-refractivity contribution < 1.29 is 32.9 Å². The zero-order chi connectivity index (χ0) is 50.4. The van der Waals surface area contributed by atoms with Gasteiger partial charge in [0.1, 0.15) is 30.6 Å². The van der Waals surface area contributed by atoms with E-state index < -0.39 is 42.6 Å². The Kier molecular flexibility index (Phi) is 13.6. The van der Waals surface area contributed by atoms with E-state index >= 15 is 4.39 Å². The van der Waals surface area contributed by atoms with Gasteiger partial charge in [0.2, 0.25) is 17.8 Å². The van der Waals surface area contributed by atoms with Crippen LogP contribution >= 0.6 is 23.1 Å². The molecule has 0 aliphatic carbocycles. The number of piperidine rings is 2. The molecule has 6 aromatic rings. The predicted molar refractivity (Wildman–Crippen MR) is 280 cm³/mol. The second-order valence-electron chi connectivity index (χ2n) is 19.2. The molecular formula is C52H56BrFN11O6P. The Labute approximate surface area is 425 Å². The summed E-state index contributed by atoms with van der Waals surface area (Å²) in [5.41, 5.74) is 4.66. The van der Waals surface area contributed by atoms with E-state index in [1.165, 1.54) is 6.07 Å². The Morgan fingerprint density at radius 3 is 2.29 bits per heavy atom. The molecule has 4 amide bonds. The maximum Gasteiger partial charge on any atom is 0.262 e. The van der Waals surface area contributed by atoms with Crippen molar-refractivity contribution in [3.63, 3.8) is 0 Å². The lowest BCUT2D eigenvalue weighted by atomic mass is 9.92. The Morgan fingerprint density at radius 1 is 0.847 bits per heavy atom. The summed E-state index contributed by atoms with van der Waals surface area (Å²) in [5.74, 6) is -1.15. The molecule has 3 saturated heterocycles. The number of hydrogen-bond acceptors (Lipinski definition) is 14. The number of halogens is 2. The molecule has 4 aromatic carbocycles. The lowest BCUT2D eigenvalue weighted by Crippen LogP contribution is -2.54. The van der Waals surface area contributed by atoms with Gasteiger partial charge < -0.3 is 29.7 Å². The molecule has 1 atom stereocenters. The van der Waals surface area contributed by atoms with Crippen molar-refractivity contribution in [1.82, 2.24) is 34.9 Å². The molecule has 4 aliphatic heterocycles. The van der Waals surface area contributed by atoms with Gasteiger partial charge in [0.25, 0.3) is 11.8 Å². The summed E-state index contributed by atoms with van der Waals surface area (Å²) in [7, 11) is -0.826. The summed E-state index contributed by atoms with van der Waals surface area (Å²) in [6.07, 6.45) is 8.31. The van der Waals surface area contributed by atoms with Crippen molar-refractivity contribution in [3.8, 4) is 16.9 Å². The highest BCUT2D eigenvalue weighted by Gasteiger charge is 2.45. The molecule has 10 rings (SSSR count). The van der Waals surface area contributed by atoms with Crippen LogP contribution < -0.4 is 35.8 Å². The number of amides is 4. The van der Waals surface area contributed by atoms with E-state index in [4.69, 9.17) is 9.72 Å².